The number of allylic oxidation sites excluding steroid dienone is 1. The summed E-state index contributed by atoms with van der Waals surface area (Å²) in [7, 11) is 0. The molecule has 188 valence electrons. The number of benzene rings is 4. The minimum Gasteiger partial charge on any atom is -0.456 e. The fraction of sp³-hybridized carbons (Fsp3) is 0.0690. The summed E-state index contributed by atoms with van der Waals surface area (Å²) in [6.07, 6.45) is 1.59. The molecule has 1 aliphatic rings. The third-order valence-electron chi connectivity index (χ3n) is 6.24. The highest BCUT2D eigenvalue weighted by Crippen LogP contribution is 2.45. The van der Waals surface area contributed by atoms with Crippen LogP contribution in [0.1, 0.15) is 28.2 Å². The van der Waals surface area contributed by atoms with Crippen molar-refractivity contribution >= 4 is 29.0 Å². The van der Waals surface area contributed by atoms with Crippen LogP contribution in [0.25, 0.3) is 5.76 Å². The van der Waals surface area contributed by atoms with E-state index in [1.165, 1.54) is 12.1 Å². The number of hydrazone groups is 1. The van der Waals surface area contributed by atoms with Gasteiger partial charge in [-0.05, 0) is 24.6 Å². The van der Waals surface area contributed by atoms with Crippen molar-refractivity contribution in [3.8, 4) is 5.75 Å². The van der Waals surface area contributed by atoms with Gasteiger partial charge in [0.15, 0.2) is 0 Å². The Morgan fingerprint density at radius 2 is 1.58 bits per heavy atom. The van der Waals surface area contributed by atoms with Crippen LogP contribution in [-0.4, -0.2) is 16.1 Å². The van der Waals surface area contributed by atoms with E-state index in [0.717, 1.165) is 39.6 Å². The van der Waals surface area contributed by atoms with Crippen molar-refractivity contribution in [3.05, 3.63) is 145 Å². The van der Waals surface area contributed by atoms with Gasteiger partial charge >= 0.3 is 5.69 Å². The van der Waals surface area contributed by atoms with Gasteiger partial charge in [-0.25, -0.2) is 0 Å². The molecule has 1 aliphatic heterocycles. The summed E-state index contributed by atoms with van der Waals surface area (Å²) in [5, 5.41) is 27.0. The third-order valence-corrected chi connectivity index (χ3v) is 6.24. The maximum absolute atomic E-state index is 11.6. The van der Waals surface area contributed by atoms with Crippen molar-refractivity contribution in [2.45, 2.75) is 12.8 Å². The van der Waals surface area contributed by atoms with Gasteiger partial charge < -0.3 is 4.74 Å². The van der Waals surface area contributed by atoms with Gasteiger partial charge in [0.1, 0.15) is 17.2 Å². The first-order valence-corrected chi connectivity index (χ1v) is 11.8. The van der Waals surface area contributed by atoms with E-state index in [-0.39, 0.29) is 17.3 Å². The maximum atomic E-state index is 11.6. The Hall–Kier alpha value is -5.31. The van der Waals surface area contributed by atoms with Crippen molar-refractivity contribution in [2.24, 2.45) is 5.10 Å². The average molecular weight is 507 g/mol. The second-order valence-corrected chi connectivity index (χ2v) is 8.72. The van der Waals surface area contributed by atoms with Gasteiger partial charge in [0.05, 0.1) is 22.1 Å². The van der Waals surface area contributed by atoms with Crippen molar-refractivity contribution in [1.82, 2.24) is 0 Å². The van der Waals surface area contributed by atoms with E-state index in [0.29, 0.717) is 5.76 Å². The Morgan fingerprint density at radius 3 is 2.29 bits per heavy atom. The van der Waals surface area contributed by atoms with Crippen LogP contribution in [-0.2, 0) is 0 Å². The molecule has 0 bridgehead atoms. The molecule has 0 aliphatic carbocycles. The Balaban J connectivity index is 1.62. The zero-order valence-corrected chi connectivity index (χ0v) is 20.3. The van der Waals surface area contributed by atoms with E-state index >= 15 is 0 Å². The van der Waals surface area contributed by atoms with E-state index in [9.17, 15) is 20.2 Å². The average Bonchev–Trinajstić information content (AvgIpc) is 2.93. The minimum absolute atomic E-state index is 0.0303. The number of nitro benzene ring substituents is 2. The number of fused-ring (bicyclic) bond motifs is 1. The summed E-state index contributed by atoms with van der Waals surface area (Å²) in [6, 6.07) is 29.0. The van der Waals surface area contributed by atoms with Crippen molar-refractivity contribution < 1.29 is 14.6 Å². The molecule has 1 atom stereocenters. The smallest absolute Gasteiger partial charge is 0.301 e. The molecule has 1 unspecified atom stereocenters. The molecule has 4 aromatic carbocycles. The van der Waals surface area contributed by atoms with E-state index in [4.69, 9.17) is 4.74 Å². The van der Waals surface area contributed by atoms with Gasteiger partial charge in [-0.1, -0.05) is 78.4 Å². The molecule has 9 heteroatoms. The first kappa shape index (κ1) is 24.4. The van der Waals surface area contributed by atoms with Crippen LogP contribution in [0.5, 0.6) is 5.75 Å². The number of para-hydroxylation sites is 1. The standard InChI is InChI=1S/C29H22N4O5/c1-19-11-13-20(14-12-19)28-23-9-5-6-10-27(23)38-29(21-7-3-2-4-8-21)24(28)18-30-31-25-16-15-22(32(34)35)17-26(25)33(36)37/h2-18,28,31H,1H3/b30-18+. The highest BCUT2D eigenvalue weighted by Gasteiger charge is 2.31. The van der Waals surface area contributed by atoms with Crippen LogP contribution in [0.4, 0.5) is 17.1 Å². The molecule has 0 radical (unpaired) electrons. The van der Waals surface area contributed by atoms with E-state index in [1.54, 1.807) is 6.21 Å². The Morgan fingerprint density at radius 1 is 0.868 bits per heavy atom. The monoisotopic (exact) mass is 506 g/mol. The first-order chi connectivity index (χ1) is 18.4. The van der Waals surface area contributed by atoms with Crippen LogP contribution < -0.4 is 10.2 Å². The zero-order valence-electron chi connectivity index (χ0n) is 20.3. The lowest BCUT2D eigenvalue weighted by atomic mass is 9.81. The number of ether oxygens (including phenoxy) is 1. The second kappa shape index (κ2) is 10.4. The minimum atomic E-state index is -0.686. The van der Waals surface area contributed by atoms with Gasteiger partial charge in [-0.15, -0.1) is 0 Å². The molecule has 5 rings (SSSR count). The fourth-order valence-corrected chi connectivity index (χ4v) is 4.40. The largest absolute Gasteiger partial charge is 0.456 e. The number of hydrogen-bond donors (Lipinski definition) is 1. The molecule has 1 heterocycles. The quantitative estimate of drug-likeness (QED) is 0.166. The summed E-state index contributed by atoms with van der Waals surface area (Å²) in [4.78, 5) is 21.3. The Labute approximate surface area is 218 Å². The van der Waals surface area contributed by atoms with Crippen molar-refractivity contribution in [2.75, 3.05) is 5.43 Å². The molecule has 1 N–H and O–H groups in total. The number of nitrogens with zero attached hydrogens (tertiary/aromatic N) is 3. The SMILES string of the molecule is Cc1ccc(C2C(/C=N/Nc3ccc([N+](=O)[O-])cc3[N+](=O)[O-])=C(c3ccccc3)Oc3ccccc32)cc1. The molecule has 9 nitrogen and oxygen atoms in total. The number of nitro groups is 2. The summed E-state index contributed by atoms with van der Waals surface area (Å²) in [6.45, 7) is 2.02. The Bertz CT molecular complexity index is 1580. The van der Waals surface area contributed by atoms with E-state index < -0.39 is 15.5 Å². The summed E-state index contributed by atoms with van der Waals surface area (Å²) < 4.78 is 6.39. The first-order valence-electron chi connectivity index (χ1n) is 11.8. The molecule has 4 aromatic rings. The molecule has 0 saturated carbocycles. The summed E-state index contributed by atoms with van der Waals surface area (Å²) in [5.74, 6) is 1.11. The molecule has 0 fully saturated rings. The zero-order chi connectivity index (χ0) is 26.6. The van der Waals surface area contributed by atoms with E-state index in [2.05, 4.69) is 22.7 Å². The summed E-state index contributed by atoms with van der Waals surface area (Å²) >= 11 is 0. The fourth-order valence-electron chi connectivity index (χ4n) is 4.40. The van der Waals surface area contributed by atoms with Gasteiger partial charge in [-0.2, -0.15) is 5.10 Å². The van der Waals surface area contributed by atoms with Crippen molar-refractivity contribution in [3.63, 3.8) is 0 Å². The van der Waals surface area contributed by atoms with Gasteiger partial charge in [0.2, 0.25) is 0 Å². The number of hydrogen-bond acceptors (Lipinski definition) is 7. The lowest BCUT2D eigenvalue weighted by Crippen LogP contribution is -2.17. The molecule has 0 saturated heterocycles. The number of nitrogens with one attached hydrogen (secondary N) is 1. The molecule has 0 spiro atoms. The third kappa shape index (κ3) is 4.85. The highest BCUT2D eigenvalue weighted by molar-refractivity contribution is 5.94. The molecule has 38 heavy (non-hydrogen) atoms. The normalized spacial score (nSPS) is 14.6. The molecule has 0 aromatic heterocycles. The molecular formula is C29H22N4O5. The molecular weight excluding hydrogens is 484 g/mol. The molecule has 0 amide bonds. The predicted molar refractivity (Wildman–Crippen MR) is 145 cm³/mol. The lowest BCUT2D eigenvalue weighted by Gasteiger charge is -2.30. The maximum Gasteiger partial charge on any atom is 0.301 e. The topological polar surface area (TPSA) is 120 Å². The second-order valence-electron chi connectivity index (χ2n) is 8.72. The Kier molecular flexibility index (Phi) is 6.65. The highest BCUT2D eigenvalue weighted by atomic mass is 16.6. The van der Waals surface area contributed by atoms with Crippen LogP contribution in [0.3, 0.4) is 0 Å². The van der Waals surface area contributed by atoms with Gasteiger partial charge in [0, 0.05) is 28.7 Å². The summed E-state index contributed by atoms with van der Waals surface area (Å²) in [5.41, 5.74) is 6.61. The van der Waals surface area contributed by atoms with Crippen LogP contribution >= 0.6 is 0 Å². The number of non-ortho nitro benzene ring substituents is 1. The lowest BCUT2D eigenvalue weighted by molar-refractivity contribution is -0.393. The number of rotatable bonds is 7. The predicted octanol–water partition coefficient (Wildman–Crippen LogP) is 6.84. The van der Waals surface area contributed by atoms with Crippen LogP contribution in [0.2, 0.25) is 0 Å². The van der Waals surface area contributed by atoms with Gasteiger partial charge in [0.25, 0.3) is 5.69 Å². The van der Waals surface area contributed by atoms with Crippen LogP contribution in [0, 0.1) is 27.2 Å². The van der Waals surface area contributed by atoms with E-state index in [1.807, 2.05) is 73.7 Å². The van der Waals surface area contributed by atoms with Crippen LogP contribution in [0.15, 0.2) is 108 Å². The number of anilines is 1. The number of aryl methyl sites for hydroxylation is 1. The van der Waals surface area contributed by atoms with Crippen molar-refractivity contribution in [1.29, 1.82) is 0 Å². The van der Waals surface area contributed by atoms with Gasteiger partial charge in [-0.3, -0.25) is 25.7 Å².